The molecule has 3 rings (SSSR count). The van der Waals surface area contributed by atoms with Crippen LogP contribution in [0.3, 0.4) is 0 Å². The van der Waals surface area contributed by atoms with Gasteiger partial charge in [0.15, 0.2) is 5.69 Å². The highest BCUT2D eigenvalue weighted by Gasteiger charge is 2.47. The number of fused-ring (bicyclic) bond motifs is 1. The predicted molar refractivity (Wildman–Crippen MR) is 85.4 cm³/mol. The van der Waals surface area contributed by atoms with Gasteiger partial charge in [-0.2, -0.15) is 26.3 Å². The molecule has 9 heteroatoms. The van der Waals surface area contributed by atoms with Gasteiger partial charge in [-0.15, -0.1) is 0 Å². The van der Waals surface area contributed by atoms with Crippen LogP contribution in [0.2, 0.25) is 0 Å². The van der Waals surface area contributed by atoms with E-state index in [2.05, 4.69) is 4.98 Å². The van der Waals surface area contributed by atoms with Crippen molar-refractivity contribution in [3.05, 3.63) is 47.3 Å². The lowest BCUT2D eigenvalue weighted by Crippen LogP contribution is -2.36. The van der Waals surface area contributed by atoms with Crippen LogP contribution in [0, 0.1) is 6.92 Å². The highest BCUT2D eigenvalue weighted by Crippen LogP contribution is 2.50. The van der Waals surface area contributed by atoms with Gasteiger partial charge in [0.1, 0.15) is 11.9 Å². The maximum atomic E-state index is 13.4. The number of hydrogen-bond donors (Lipinski definition) is 0. The van der Waals surface area contributed by atoms with Crippen LogP contribution in [0.15, 0.2) is 30.3 Å². The molecular weight excluding hydrogens is 360 g/mol. The van der Waals surface area contributed by atoms with E-state index < -0.39 is 29.9 Å². The van der Waals surface area contributed by atoms with Crippen molar-refractivity contribution in [2.75, 3.05) is 16.8 Å². The van der Waals surface area contributed by atoms with Gasteiger partial charge in [-0.05, 0) is 31.5 Å². The Morgan fingerprint density at radius 2 is 1.58 bits per heavy atom. The van der Waals surface area contributed by atoms with Crippen LogP contribution in [0.25, 0.3) is 0 Å². The molecule has 1 aromatic carbocycles. The van der Waals surface area contributed by atoms with E-state index >= 15 is 0 Å². The number of nitrogens with zero attached hydrogens (tertiary/aromatic N) is 3. The molecule has 0 aliphatic carbocycles. The van der Waals surface area contributed by atoms with Crippen molar-refractivity contribution in [3.63, 3.8) is 0 Å². The maximum Gasteiger partial charge on any atom is 0.435 e. The van der Waals surface area contributed by atoms with E-state index in [0.29, 0.717) is 11.8 Å². The molecule has 0 amide bonds. The molecule has 1 unspecified atom stereocenters. The number of hydrogen-bond acceptors (Lipinski definition) is 3. The number of anilines is 3. The lowest BCUT2D eigenvalue weighted by Gasteiger charge is -2.29. The minimum absolute atomic E-state index is 0.163. The molecule has 0 bridgehead atoms. The number of benzene rings is 1. The molecule has 1 atom stereocenters. The summed E-state index contributed by atoms with van der Waals surface area (Å²) in [6.45, 7) is 3.37. The zero-order valence-electron chi connectivity index (χ0n) is 14.1. The van der Waals surface area contributed by atoms with Crippen LogP contribution < -0.4 is 9.80 Å². The summed E-state index contributed by atoms with van der Waals surface area (Å²) in [5.41, 5.74) is -2.35. The number of rotatable bonds is 1. The van der Waals surface area contributed by atoms with Crippen LogP contribution in [-0.2, 0) is 12.4 Å². The zero-order valence-corrected chi connectivity index (χ0v) is 14.1. The largest absolute Gasteiger partial charge is 0.435 e. The van der Waals surface area contributed by atoms with Crippen molar-refractivity contribution in [1.82, 2.24) is 4.98 Å². The van der Waals surface area contributed by atoms with E-state index in [4.69, 9.17) is 0 Å². The smallest absolute Gasteiger partial charge is 0.351 e. The Morgan fingerprint density at radius 3 is 2.12 bits per heavy atom. The van der Waals surface area contributed by atoms with Crippen molar-refractivity contribution in [1.29, 1.82) is 0 Å². The Bertz CT molecular complexity index is 843. The topological polar surface area (TPSA) is 19.4 Å². The molecule has 0 saturated carbocycles. The molecule has 0 N–H and O–H groups in total. The van der Waals surface area contributed by atoms with E-state index in [1.54, 1.807) is 38.1 Å². The average molecular weight is 375 g/mol. The first kappa shape index (κ1) is 18.3. The van der Waals surface area contributed by atoms with Gasteiger partial charge in [-0.25, -0.2) is 4.98 Å². The number of aromatic nitrogens is 1. The van der Waals surface area contributed by atoms with Gasteiger partial charge in [0.2, 0.25) is 0 Å². The van der Waals surface area contributed by atoms with Crippen LogP contribution in [0.5, 0.6) is 0 Å². The molecular formula is C17H15F6N3. The lowest BCUT2D eigenvalue weighted by molar-refractivity contribution is -0.149. The number of pyridine rings is 1. The van der Waals surface area contributed by atoms with Gasteiger partial charge < -0.3 is 9.80 Å². The summed E-state index contributed by atoms with van der Waals surface area (Å²) in [4.78, 5) is 5.66. The molecule has 1 aliphatic rings. The van der Waals surface area contributed by atoms with Gasteiger partial charge in [0.25, 0.3) is 0 Å². The third-order valence-electron chi connectivity index (χ3n) is 4.45. The maximum absolute atomic E-state index is 13.4. The summed E-state index contributed by atoms with van der Waals surface area (Å²) in [5, 5.41) is 0. The van der Waals surface area contributed by atoms with E-state index in [1.165, 1.54) is 16.8 Å². The Hall–Kier alpha value is -2.45. The minimum Gasteiger partial charge on any atom is -0.351 e. The molecule has 2 heterocycles. The molecule has 140 valence electrons. The predicted octanol–water partition coefficient (Wildman–Crippen LogP) is 5.36. The number of aryl methyl sites for hydroxylation is 1. The SMILES string of the molecule is Cc1ccccc1N1c2cc(C(F)(F)F)nc(C(F)(F)F)c2N(C)C1C. The highest BCUT2D eigenvalue weighted by molar-refractivity contribution is 5.86. The van der Waals surface area contributed by atoms with E-state index in [-0.39, 0.29) is 11.4 Å². The minimum atomic E-state index is -5.01. The first-order chi connectivity index (χ1) is 11.9. The summed E-state index contributed by atoms with van der Waals surface area (Å²) in [7, 11) is 1.41. The third kappa shape index (κ3) is 2.85. The van der Waals surface area contributed by atoms with Crippen LogP contribution in [0.1, 0.15) is 23.9 Å². The molecule has 0 saturated heterocycles. The van der Waals surface area contributed by atoms with Gasteiger partial charge in [0, 0.05) is 12.7 Å². The van der Waals surface area contributed by atoms with Crippen molar-refractivity contribution >= 4 is 17.1 Å². The van der Waals surface area contributed by atoms with Gasteiger partial charge in [0.05, 0.1) is 11.4 Å². The second-order valence-corrected chi connectivity index (χ2v) is 6.12. The van der Waals surface area contributed by atoms with E-state index in [1.807, 2.05) is 0 Å². The Labute approximate surface area is 145 Å². The van der Waals surface area contributed by atoms with Gasteiger partial charge in [-0.3, -0.25) is 0 Å². The molecule has 1 aromatic heterocycles. The fourth-order valence-corrected chi connectivity index (χ4v) is 3.13. The fraction of sp³-hybridized carbons (Fsp3) is 0.353. The van der Waals surface area contributed by atoms with Crippen molar-refractivity contribution in [3.8, 4) is 0 Å². The van der Waals surface area contributed by atoms with Crippen LogP contribution in [0.4, 0.5) is 43.4 Å². The zero-order chi connectivity index (χ0) is 19.4. The summed E-state index contributed by atoms with van der Waals surface area (Å²) >= 11 is 0. The molecule has 0 radical (unpaired) electrons. The molecule has 26 heavy (non-hydrogen) atoms. The number of para-hydroxylation sites is 1. The first-order valence-electron chi connectivity index (χ1n) is 7.70. The third-order valence-corrected chi connectivity index (χ3v) is 4.45. The fourth-order valence-electron chi connectivity index (χ4n) is 3.13. The van der Waals surface area contributed by atoms with Crippen molar-refractivity contribution in [2.45, 2.75) is 32.4 Å². The van der Waals surface area contributed by atoms with Crippen molar-refractivity contribution < 1.29 is 26.3 Å². The Kier molecular flexibility index (Phi) is 4.08. The van der Waals surface area contributed by atoms with E-state index in [9.17, 15) is 26.3 Å². The summed E-state index contributed by atoms with van der Waals surface area (Å²) < 4.78 is 79.8. The monoisotopic (exact) mass is 375 g/mol. The molecule has 2 aromatic rings. The summed E-state index contributed by atoms with van der Waals surface area (Å²) in [6.07, 6.45) is -10.6. The second kappa shape index (κ2) is 5.78. The lowest BCUT2D eigenvalue weighted by atomic mass is 10.1. The first-order valence-corrected chi connectivity index (χ1v) is 7.70. The number of alkyl halides is 6. The molecule has 0 fully saturated rings. The highest BCUT2D eigenvalue weighted by atomic mass is 19.4. The van der Waals surface area contributed by atoms with Gasteiger partial charge >= 0.3 is 12.4 Å². The van der Waals surface area contributed by atoms with Crippen molar-refractivity contribution in [2.24, 2.45) is 0 Å². The second-order valence-electron chi connectivity index (χ2n) is 6.12. The summed E-state index contributed by atoms with van der Waals surface area (Å²) in [5.74, 6) is 0. The average Bonchev–Trinajstić information content (AvgIpc) is 2.77. The van der Waals surface area contributed by atoms with Crippen LogP contribution >= 0.6 is 0 Å². The molecule has 0 spiro atoms. The standard InChI is InChI=1S/C17H15F6N3/c1-9-6-4-5-7-11(9)26-10(2)25(3)14-12(26)8-13(16(18,19)20)24-15(14)17(21,22)23/h4-8,10H,1-3H3. The van der Waals surface area contributed by atoms with Crippen LogP contribution in [-0.4, -0.2) is 18.2 Å². The number of halogens is 6. The molecule has 1 aliphatic heterocycles. The molecule has 3 nitrogen and oxygen atoms in total. The van der Waals surface area contributed by atoms with E-state index in [0.717, 1.165) is 5.56 Å². The quantitative estimate of drug-likeness (QED) is 0.626. The van der Waals surface area contributed by atoms with Gasteiger partial charge in [-0.1, -0.05) is 18.2 Å². The summed E-state index contributed by atoms with van der Waals surface area (Å²) in [6, 6.07) is 7.52. The Balaban J connectivity index is 2.33. The normalized spacial score (nSPS) is 17.7. The Morgan fingerprint density at radius 1 is 0.962 bits per heavy atom.